The van der Waals surface area contributed by atoms with Crippen LogP contribution in [0, 0.1) is 0 Å². The normalized spacial score (nSPS) is 18.5. The second-order valence-electron chi connectivity index (χ2n) is 4.79. The van der Waals surface area contributed by atoms with Gasteiger partial charge in [0.25, 0.3) is 0 Å². The van der Waals surface area contributed by atoms with Crippen molar-refractivity contribution in [3.63, 3.8) is 0 Å². The maximum atomic E-state index is 11.1. The lowest BCUT2D eigenvalue weighted by Gasteiger charge is -2.28. The summed E-state index contributed by atoms with van der Waals surface area (Å²) in [6, 6.07) is 5.92. The van der Waals surface area contributed by atoms with Crippen LogP contribution in [0.15, 0.2) is 32.3 Å². The Morgan fingerprint density at radius 2 is 2.17 bits per heavy atom. The number of aromatic nitrogens is 1. The van der Waals surface area contributed by atoms with Crippen LogP contribution >= 0.6 is 11.8 Å². The number of likely N-dealkylation sites (tertiary alicyclic amines) is 1. The molecule has 18 heavy (non-hydrogen) atoms. The monoisotopic (exact) mass is 264 g/mol. The molecular formula is C13H16N2O2S. The smallest absolute Gasteiger partial charge is 0.408 e. The minimum Gasteiger partial charge on any atom is -0.408 e. The van der Waals surface area contributed by atoms with Crippen LogP contribution in [0.3, 0.4) is 0 Å². The Bertz CT molecular complexity index is 596. The largest absolute Gasteiger partial charge is 0.417 e. The Kier molecular flexibility index (Phi) is 3.18. The van der Waals surface area contributed by atoms with Gasteiger partial charge in [-0.25, -0.2) is 4.79 Å². The second kappa shape index (κ2) is 4.82. The van der Waals surface area contributed by atoms with Gasteiger partial charge in [-0.15, -0.1) is 11.8 Å². The molecule has 2 heterocycles. The van der Waals surface area contributed by atoms with E-state index in [2.05, 4.69) is 23.0 Å². The number of thioether (sulfide) groups is 1. The quantitative estimate of drug-likeness (QED) is 0.904. The highest BCUT2D eigenvalue weighted by Crippen LogP contribution is 2.31. The maximum absolute atomic E-state index is 11.1. The topological polar surface area (TPSA) is 49.2 Å². The molecule has 1 N–H and O–H groups in total. The number of nitrogens with one attached hydrogen (secondary N) is 1. The molecule has 4 nitrogen and oxygen atoms in total. The van der Waals surface area contributed by atoms with Crippen LogP contribution in [0.5, 0.6) is 0 Å². The number of aromatic amines is 1. The van der Waals surface area contributed by atoms with Crippen molar-refractivity contribution in [1.82, 2.24) is 9.88 Å². The summed E-state index contributed by atoms with van der Waals surface area (Å²) in [4.78, 5) is 17.3. The average molecular weight is 264 g/mol. The van der Waals surface area contributed by atoms with Gasteiger partial charge in [0.2, 0.25) is 0 Å². The summed E-state index contributed by atoms with van der Waals surface area (Å²) in [5, 5.41) is 0.671. The lowest BCUT2D eigenvalue weighted by Crippen LogP contribution is -2.31. The van der Waals surface area contributed by atoms with Crippen molar-refractivity contribution in [1.29, 1.82) is 0 Å². The number of fused-ring (bicyclic) bond motifs is 1. The summed E-state index contributed by atoms with van der Waals surface area (Å²) in [5.41, 5.74) is 1.42. The lowest BCUT2D eigenvalue weighted by molar-refractivity contribution is 0.282. The Balaban J connectivity index is 1.76. The maximum Gasteiger partial charge on any atom is 0.417 e. The van der Waals surface area contributed by atoms with E-state index in [-0.39, 0.29) is 5.76 Å². The molecule has 0 saturated carbocycles. The molecule has 0 atom stereocenters. The van der Waals surface area contributed by atoms with E-state index in [0.717, 1.165) is 5.52 Å². The van der Waals surface area contributed by atoms with Crippen molar-refractivity contribution in [2.45, 2.75) is 23.0 Å². The number of H-pyrrole nitrogens is 1. The Morgan fingerprint density at radius 3 is 2.94 bits per heavy atom. The number of benzene rings is 1. The van der Waals surface area contributed by atoms with Gasteiger partial charge >= 0.3 is 5.76 Å². The number of rotatable bonds is 2. The van der Waals surface area contributed by atoms with Crippen LogP contribution in [-0.2, 0) is 0 Å². The minimum atomic E-state index is -0.383. The lowest BCUT2D eigenvalue weighted by atomic mass is 10.1. The van der Waals surface area contributed by atoms with Crippen LogP contribution in [-0.4, -0.2) is 35.3 Å². The Morgan fingerprint density at radius 1 is 1.39 bits per heavy atom. The molecule has 0 radical (unpaired) electrons. The first kappa shape index (κ1) is 11.9. The van der Waals surface area contributed by atoms with Crippen LogP contribution in [0.1, 0.15) is 12.8 Å². The van der Waals surface area contributed by atoms with Crippen LogP contribution in [0.25, 0.3) is 11.1 Å². The molecule has 0 bridgehead atoms. The molecule has 0 aliphatic carbocycles. The molecule has 1 saturated heterocycles. The molecular weight excluding hydrogens is 248 g/mol. The predicted molar refractivity (Wildman–Crippen MR) is 73.2 cm³/mol. The van der Waals surface area contributed by atoms with Crippen LogP contribution in [0.4, 0.5) is 0 Å². The molecule has 2 aromatic rings. The van der Waals surface area contributed by atoms with Gasteiger partial charge in [0, 0.05) is 10.1 Å². The fourth-order valence-electron chi connectivity index (χ4n) is 2.29. The van der Waals surface area contributed by atoms with Crippen molar-refractivity contribution in [3.8, 4) is 0 Å². The summed E-state index contributed by atoms with van der Waals surface area (Å²) >= 11 is 1.89. The van der Waals surface area contributed by atoms with E-state index >= 15 is 0 Å². The molecule has 1 aliphatic rings. The van der Waals surface area contributed by atoms with Gasteiger partial charge in [0.1, 0.15) is 0 Å². The zero-order valence-electron chi connectivity index (χ0n) is 10.3. The summed E-state index contributed by atoms with van der Waals surface area (Å²) in [7, 11) is 2.17. The molecule has 1 aliphatic heterocycles. The molecule has 5 heteroatoms. The Hall–Kier alpha value is -1.20. The third kappa shape index (κ3) is 2.47. The van der Waals surface area contributed by atoms with Crippen molar-refractivity contribution in [2.24, 2.45) is 0 Å². The van der Waals surface area contributed by atoms with Gasteiger partial charge in [0.15, 0.2) is 5.58 Å². The van der Waals surface area contributed by atoms with Gasteiger partial charge in [-0.05, 0) is 51.2 Å². The van der Waals surface area contributed by atoms with Crippen LogP contribution < -0.4 is 5.76 Å². The first-order valence-corrected chi connectivity index (χ1v) is 7.07. The Labute approximate surface area is 109 Å². The third-order valence-electron chi connectivity index (χ3n) is 3.36. The van der Waals surface area contributed by atoms with E-state index in [1.54, 1.807) is 0 Å². The van der Waals surface area contributed by atoms with Crippen molar-refractivity contribution in [3.05, 3.63) is 28.7 Å². The number of oxazole rings is 1. The molecule has 0 unspecified atom stereocenters. The highest BCUT2D eigenvalue weighted by atomic mass is 32.2. The molecule has 1 fully saturated rings. The van der Waals surface area contributed by atoms with Gasteiger partial charge < -0.3 is 9.32 Å². The van der Waals surface area contributed by atoms with Gasteiger partial charge in [-0.2, -0.15) is 0 Å². The zero-order valence-corrected chi connectivity index (χ0v) is 11.1. The van der Waals surface area contributed by atoms with E-state index in [4.69, 9.17) is 4.42 Å². The highest BCUT2D eigenvalue weighted by molar-refractivity contribution is 8.00. The van der Waals surface area contributed by atoms with E-state index in [9.17, 15) is 4.79 Å². The summed E-state index contributed by atoms with van der Waals surface area (Å²) in [5.74, 6) is -0.383. The second-order valence-corrected chi connectivity index (χ2v) is 6.17. The standard InChI is InChI=1S/C13H16N2O2S/c1-15-6-4-9(5-7-15)18-10-2-3-11-12(8-10)17-13(16)14-11/h2-3,8-9H,4-7H2,1H3,(H,14,16). The summed E-state index contributed by atoms with van der Waals surface area (Å²) in [6.45, 7) is 2.33. The third-order valence-corrected chi connectivity index (χ3v) is 4.69. The average Bonchev–Trinajstić information content (AvgIpc) is 2.71. The number of piperidine rings is 1. The number of hydrogen-bond donors (Lipinski definition) is 1. The molecule has 1 aromatic carbocycles. The summed E-state index contributed by atoms with van der Waals surface area (Å²) in [6.07, 6.45) is 2.44. The van der Waals surface area contributed by atoms with E-state index in [0.29, 0.717) is 10.8 Å². The molecule has 96 valence electrons. The number of hydrogen-bond acceptors (Lipinski definition) is 4. The first-order chi connectivity index (χ1) is 8.70. The molecule has 0 amide bonds. The molecule has 1 aromatic heterocycles. The highest BCUT2D eigenvalue weighted by Gasteiger charge is 2.17. The fraction of sp³-hybridized carbons (Fsp3) is 0.462. The van der Waals surface area contributed by atoms with Crippen LogP contribution in [0.2, 0.25) is 0 Å². The minimum absolute atomic E-state index is 0.383. The molecule has 0 spiro atoms. The van der Waals surface area contributed by atoms with E-state index < -0.39 is 0 Å². The van der Waals surface area contributed by atoms with Crippen molar-refractivity contribution < 1.29 is 4.42 Å². The zero-order chi connectivity index (χ0) is 12.5. The van der Waals surface area contributed by atoms with E-state index in [1.165, 1.54) is 30.8 Å². The van der Waals surface area contributed by atoms with Gasteiger partial charge in [-0.3, -0.25) is 4.98 Å². The summed E-state index contributed by atoms with van der Waals surface area (Å²) < 4.78 is 5.08. The van der Waals surface area contributed by atoms with Crippen molar-refractivity contribution in [2.75, 3.05) is 20.1 Å². The first-order valence-electron chi connectivity index (χ1n) is 6.19. The van der Waals surface area contributed by atoms with Gasteiger partial charge in [0.05, 0.1) is 5.52 Å². The van der Waals surface area contributed by atoms with Gasteiger partial charge in [-0.1, -0.05) is 0 Å². The fourth-order valence-corrected chi connectivity index (χ4v) is 3.45. The number of nitrogens with zero attached hydrogens (tertiary/aromatic N) is 1. The van der Waals surface area contributed by atoms with Crippen molar-refractivity contribution >= 4 is 22.9 Å². The SMILES string of the molecule is CN1CCC(Sc2ccc3[nH]c(=O)oc3c2)CC1. The predicted octanol–water partition coefficient (Wildman–Crippen LogP) is 2.31. The molecule has 3 rings (SSSR count). The van der Waals surface area contributed by atoms with E-state index in [1.807, 2.05) is 23.9 Å².